The van der Waals surface area contributed by atoms with E-state index in [1.54, 1.807) is 0 Å². The van der Waals surface area contributed by atoms with Gasteiger partial charge in [0.15, 0.2) is 0 Å². The van der Waals surface area contributed by atoms with Crippen molar-refractivity contribution in [2.45, 2.75) is 0 Å². The predicted molar refractivity (Wildman–Crippen MR) is 186 cm³/mol. The van der Waals surface area contributed by atoms with E-state index in [1.807, 2.05) is 11.3 Å². The van der Waals surface area contributed by atoms with Gasteiger partial charge in [-0.15, -0.1) is 11.3 Å². The predicted octanol–water partition coefficient (Wildman–Crippen LogP) is 11.8. The van der Waals surface area contributed by atoms with E-state index in [0.717, 1.165) is 5.69 Å². The average molecular weight is 567 g/mol. The molecule has 0 amide bonds. The maximum atomic E-state index is 2.47. The molecule has 0 atom stereocenters. The quantitative estimate of drug-likeness (QED) is 0.206. The molecule has 0 spiro atoms. The van der Waals surface area contributed by atoms with Crippen LogP contribution in [0.2, 0.25) is 0 Å². The standard InChI is InChI=1S/C40H26N2S/c1-3-16-28(17-4-1)41(34-24-13-15-27-14-7-8-20-30(27)34)36-26-33-31-21-9-11-23-35(31)42(29-18-5-2-6-19-29)39(33)40-38(36)32-22-10-12-25-37(32)43-40/h1-26H. The fourth-order valence-corrected chi connectivity index (χ4v) is 7.98. The fraction of sp³-hybridized carbons (Fsp3) is 0. The maximum absolute atomic E-state index is 2.47. The molecule has 0 saturated carbocycles. The van der Waals surface area contributed by atoms with Crippen molar-refractivity contribution in [1.29, 1.82) is 0 Å². The highest BCUT2D eigenvalue weighted by atomic mass is 32.1. The number of nitrogens with zero attached hydrogens (tertiary/aromatic N) is 2. The van der Waals surface area contributed by atoms with Crippen molar-refractivity contribution in [2.24, 2.45) is 0 Å². The highest BCUT2D eigenvalue weighted by Crippen LogP contribution is 2.51. The lowest BCUT2D eigenvalue weighted by Gasteiger charge is -2.28. The van der Waals surface area contributed by atoms with E-state index in [-0.39, 0.29) is 0 Å². The number of hydrogen-bond donors (Lipinski definition) is 0. The SMILES string of the molecule is c1ccc(N(c2cccc3ccccc23)c2cc3c4ccccc4n(-c4ccccc4)c3c3sc4ccccc4c23)cc1. The number of benzene rings is 7. The van der Waals surface area contributed by atoms with E-state index in [4.69, 9.17) is 0 Å². The van der Waals surface area contributed by atoms with E-state index in [2.05, 4.69) is 167 Å². The van der Waals surface area contributed by atoms with Crippen LogP contribution in [-0.2, 0) is 0 Å². The van der Waals surface area contributed by atoms with Gasteiger partial charge in [0.2, 0.25) is 0 Å². The van der Waals surface area contributed by atoms with Crippen LogP contribution in [0.25, 0.3) is 58.4 Å². The van der Waals surface area contributed by atoms with Gasteiger partial charge < -0.3 is 9.47 Å². The van der Waals surface area contributed by atoms with Gasteiger partial charge in [0.25, 0.3) is 0 Å². The lowest BCUT2D eigenvalue weighted by molar-refractivity contribution is 1.19. The molecule has 9 rings (SSSR count). The van der Waals surface area contributed by atoms with Gasteiger partial charge in [0.05, 0.1) is 27.1 Å². The monoisotopic (exact) mass is 566 g/mol. The molecule has 0 aliphatic carbocycles. The molecule has 2 nitrogen and oxygen atoms in total. The number of para-hydroxylation sites is 3. The lowest BCUT2D eigenvalue weighted by atomic mass is 10.0. The third-order valence-corrected chi connectivity index (χ3v) is 9.72. The molecule has 202 valence electrons. The molecule has 7 aromatic carbocycles. The molecule has 2 heterocycles. The molecule has 0 saturated heterocycles. The van der Waals surface area contributed by atoms with E-state index in [1.165, 1.54) is 69.8 Å². The molecule has 3 heteroatoms. The first-order valence-corrected chi connectivity index (χ1v) is 15.4. The Labute approximate surface area is 253 Å². The summed E-state index contributed by atoms with van der Waals surface area (Å²) in [5.74, 6) is 0. The Morgan fingerprint density at radius 3 is 1.98 bits per heavy atom. The first kappa shape index (κ1) is 24.2. The molecular weight excluding hydrogens is 541 g/mol. The minimum atomic E-state index is 1.14. The Balaban J connectivity index is 1.51. The van der Waals surface area contributed by atoms with Crippen LogP contribution in [0.15, 0.2) is 158 Å². The molecule has 0 radical (unpaired) electrons. The zero-order chi connectivity index (χ0) is 28.3. The molecule has 9 aromatic rings. The number of hydrogen-bond acceptors (Lipinski definition) is 2. The van der Waals surface area contributed by atoms with Crippen LogP contribution in [0, 0.1) is 0 Å². The zero-order valence-electron chi connectivity index (χ0n) is 23.3. The molecule has 0 unspecified atom stereocenters. The fourth-order valence-electron chi connectivity index (χ4n) is 6.72. The van der Waals surface area contributed by atoms with Gasteiger partial charge in [0, 0.05) is 43.0 Å². The van der Waals surface area contributed by atoms with Crippen molar-refractivity contribution < 1.29 is 0 Å². The Hall–Kier alpha value is -5.38. The summed E-state index contributed by atoms with van der Waals surface area (Å²) in [5, 5.41) is 7.54. The summed E-state index contributed by atoms with van der Waals surface area (Å²) in [6.07, 6.45) is 0. The van der Waals surface area contributed by atoms with Gasteiger partial charge >= 0.3 is 0 Å². The average Bonchev–Trinajstić information content (AvgIpc) is 3.62. The summed E-state index contributed by atoms with van der Waals surface area (Å²) in [5.41, 5.74) is 7.16. The number of aromatic nitrogens is 1. The Morgan fingerprint density at radius 2 is 1.14 bits per heavy atom. The van der Waals surface area contributed by atoms with Crippen LogP contribution < -0.4 is 4.90 Å². The number of anilines is 3. The second-order valence-electron chi connectivity index (χ2n) is 11.0. The first-order valence-electron chi connectivity index (χ1n) is 14.6. The van der Waals surface area contributed by atoms with Gasteiger partial charge in [-0.1, -0.05) is 109 Å². The lowest BCUT2D eigenvalue weighted by Crippen LogP contribution is -2.11. The summed E-state index contributed by atoms with van der Waals surface area (Å²) in [6, 6.07) is 57.0. The maximum Gasteiger partial charge on any atom is 0.0721 e. The molecule has 0 fully saturated rings. The number of fused-ring (bicyclic) bond motifs is 8. The minimum Gasteiger partial charge on any atom is -0.309 e. The normalized spacial score (nSPS) is 11.7. The molecule has 0 bridgehead atoms. The molecule has 43 heavy (non-hydrogen) atoms. The van der Waals surface area contributed by atoms with Crippen molar-refractivity contribution in [3.63, 3.8) is 0 Å². The highest BCUT2D eigenvalue weighted by Gasteiger charge is 2.25. The van der Waals surface area contributed by atoms with E-state index >= 15 is 0 Å². The van der Waals surface area contributed by atoms with Gasteiger partial charge in [-0.25, -0.2) is 0 Å². The van der Waals surface area contributed by atoms with Crippen LogP contribution >= 0.6 is 11.3 Å². The Morgan fingerprint density at radius 1 is 0.488 bits per heavy atom. The van der Waals surface area contributed by atoms with Gasteiger partial charge in [0.1, 0.15) is 0 Å². The van der Waals surface area contributed by atoms with Crippen molar-refractivity contribution in [2.75, 3.05) is 4.90 Å². The van der Waals surface area contributed by atoms with Crippen LogP contribution in [0.1, 0.15) is 0 Å². The molecule has 2 aromatic heterocycles. The van der Waals surface area contributed by atoms with Crippen molar-refractivity contribution >= 4 is 81.1 Å². The summed E-state index contributed by atoms with van der Waals surface area (Å²) in [4.78, 5) is 2.47. The summed E-state index contributed by atoms with van der Waals surface area (Å²) in [7, 11) is 0. The van der Waals surface area contributed by atoms with Crippen molar-refractivity contribution in [3.8, 4) is 5.69 Å². The summed E-state index contributed by atoms with van der Waals surface area (Å²) >= 11 is 1.89. The highest BCUT2D eigenvalue weighted by molar-refractivity contribution is 7.26. The summed E-state index contributed by atoms with van der Waals surface area (Å²) < 4.78 is 5.05. The smallest absolute Gasteiger partial charge is 0.0721 e. The third-order valence-electron chi connectivity index (χ3n) is 8.54. The zero-order valence-corrected chi connectivity index (χ0v) is 24.1. The molecule has 0 aliphatic rings. The van der Waals surface area contributed by atoms with Crippen LogP contribution in [0.3, 0.4) is 0 Å². The Bertz CT molecular complexity index is 2450. The van der Waals surface area contributed by atoms with Crippen molar-refractivity contribution in [1.82, 2.24) is 4.57 Å². The largest absolute Gasteiger partial charge is 0.309 e. The second-order valence-corrected chi connectivity index (χ2v) is 12.0. The van der Waals surface area contributed by atoms with Gasteiger partial charge in [-0.05, 0) is 53.9 Å². The first-order chi connectivity index (χ1) is 21.4. The topological polar surface area (TPSA) is 8.17 Å². The van der Waals surface area contributed by atoms with Crippen LogP contribution in [0.4, 0.5) is 17.1 Å². The Kier molecular flexibility index (Phi) is 5.40. The second kappa shape index (κ2) is 9.59. The van der Waals surface area contributed by atoms with Gasteiger partial charge in [-0.3, -0.25) is 0 Å². The van der Waals surface area contributed by atoms with Crippen LogP contribution in [0.5, 0.6) is 0 Å². The molecule has 0 aliphatic heterocycles. The number of rotatable bonds is 4. The van der Waals surface area contributed by atoms with E-state index < -0.39 is 0 Å². The number of thiophene rings is 1. The van der Waals surface area contributed by atoms with E-state index in [9.17, 15) is 0 Å². The van der Waals surface area contributed by atoms with Gasteiger partial charge in [-0.2, -0.15) is 0 Å². The van der Waals surface area contributed by atoms with E-state index in [0.29, 0.717) is 0 Å². The van der Waals surface area contributed by atoms with Crippen LogP contribution in [-0.4, -0.2) is 4.57 Å². The third kappa shape index (κ3) is 3.65. The minimum absolute atomic E-state index is 1.14. The van der Waals surface area contributed by atoms with Crippen molar-refractivity contribution in [3.05, 3.63) is 158 Å². The summed E-state index contributed by atoms with van der Waals surface area (Å²) in [6.45, 7) is 0. The molecular formula is C40H26N2S. The molecule has 0 N–H and O–H groups in total.